The number of esters is 1. The van der Waals surface area contributed by atoms with Crippen LogP contribution in [0.1, 0.15) is 40.6 Å². The highest BCUT2D eigenvalue weighted by Crippen LogP contribution is 2.33. The highest BCUT2D eigenvalue weighted by Gasteiger charge is 2.35. The maximum Gasteiger partial charge on any atom is 0.338 e. The first-order valence-electron chi connectivity index (χ1n) is 12.5. The molecule has 2 aromatic carbocycles. The Bertz CT molecular complexity index is 1290. The molecule has 1 aliphatic carbocycles. The number of anilines is 1. The van der Waals surface area contributed by atoms with Crippen LogP contribution in [0.15, 0.2) is 60.0 Å². The summed E-state index contributed by atoms with van der Waals surface area (Å²) >= 11 is 1.59. The van der Waals surface area contributed by atoms with E-state index >= 15 is 0 Å². The van der Waals surface area contributed by atoms with Crippen LogP contribution in [0, 0.1) is 0 Å². The van der Waals surface area contributed by atoms with Crippen LogP contribution in [-0.2, 0) is 22.6 Å². The Kier molecular flexibility index (Phi) is 7.78. The standard InChI is InChI=1S/C28H29N3O6S/c1-2-35-27(33)20-6-8-21(9-7-20)29-28(34)31(22-10-11-22)17-26(32)30(16-23-4-3-13-38-23)15-19-5-12-24-25(14-19)37-18-36-24/h3-9,12-14,22H,2,10-11,15-18H2,1H3,(H,29,34). The molecule has 0 radical (unpaired) electrons. The summed E-state index contributed by atoms with van der Waals surface area (Å²) in [5.41, 5.74) is 1.87. The number of ether oxygens (including phenoxy) is 3. The van der Waals surface area contributed by atoms with Crippen molar-refractivity contribution in [3.8, 4) is 11.5 Å². The predicted molar refractivity (Wildman–Crippen MR) is 142 cm³/mol. The lowest BCUT2D eigenvalue weighted by Gasteiger charge is -2.28. The molecule has 0 saturated heterocycles. The zero-order valence-electron chi connectivity index (χ0n) is 21.1. The summed E-state index contributed by atoms with van der Waals surface area (Å²) in [5, 5.41) is 4.85. The SMILES string of the molecule is CCOC(=O)c1ccc(NC(=O)N(CC(=O)N(Cc2ccc3c(c2)OCO3)Cc2cccs2)C2CC2)cc1. The maximum atomic E-state index is 13.6. The molecule has 198 valence electrons. The molecule has 1 N–H and O–H groups in total. The van der Waals surface area contributed by atoms with E-state index in [1.807, 2.05) is 35.7 Å². The summed E-state index contributed by atoms with van der Waals surface area (Å²) in [6.07, 6.45) is 1.71. The lowest BCUT2D eigenvalue weighted by atomic mass is 10.2. The fourth-order valence-electron chi connectivity index (χ4n) is 4.18. The summed E-state index contributed by atoms with van der Waals surface area (Å²) in [6, 6.07) is 15.8. The Morgan fingerprint density at radius 3 is 2.53 bits per heavy atom. The number of nitrogens with zero attached hydrogens (tertiary/aromatic N) is 2. The van der Waals surface area contributed by atoms with E-state index < -0.39 is 5.97 Å². The van der Waals surface area contributed by atoms with E-state index in [4.69, 9.17) is 14.2 Å². The third kappa shape index (κ3) is 6.25. The summed E-state index contributed by atoms with van der Waals surface area (Å²) < 4.78 is 15.9. The Morgan fingerprint density at radius 1 is 1.03 bits per heavy atom. The Labute approximate surface area is 224 Å². The van der Waals surface area contributed by atoms with E-state index in [0.29, 0.717) is 42.4 Å². The smallest absolute Gasteiger partial charge is 0.338 e. The third-order valence-electron chi connectivity index (χ3n) is 6.29. The zero-order chi connectivity index (χ0) is 26.5. The van der Waals surface area contributed by atoms with Gasteiger partial charge < -0.3 is 29.3 Å². The number of fused-ring (bicyclic) bond motifs is 1. The molecule has 3 aromatic rings. The first-order chi connectivity index (χ1) is 18.5. The van der Waals surface area contributed by atoms with Gasteiger partial charge in [-0.25, -0.2) is 9.59 Å². The Balaban J connectivity index is 1.27. The van der Waals surface area contributed by atoms with Crippen molar-refractivity contribution in [1.82, 2.24) is 9.80 Å². The molecule has 1 fully saturated rings. The average molecular weight is 536 g/mol. The Hall–Kier alpha value is -4.05. The van der Waals surface area contributed by atoms with Gasteiger partial charge in [0.25, 0.3) is 0 Å². The summed E-state index contributed by atoms with van der Waals surface area (Å²) in [6.45, 7) is 3.01. The molecule has 2 heterocycles. The van der Waals surface area contributed by atoms with Crippen molar-refractivity contribution >= 4 is 34.9 Å². The first kappa shape index (κ1) is 25.6. The average Bonchev–Trinajstić information content (AvgIpc) is 3.41. The van der Waals surface area contributed by atoms with E-state index in [1.165, 1.54) is 0 Å². The van der Waals surface area contributed by atoms with Crippen molar-refractivity contribution in [2.24, 2.45) is 0 Å². The number of amides is 3. The molecule has 9 nitrogen and oxygen atoms in total. The van der Waals surface area contributed by atoms with Gasteiger partial charge in [0.05, 0.1) is 18.7 Å². The number of rotatable bonds is 10. The van der Waals surface area contributed by atoms with Crippen LogP contribution in [0.5, 0.6) is 11.5 Å². The highest BCUT2D eigenvalue weighted by atomic mass is 32.1. The van der Waals surface area contributed by atoms with Crippen molar-refractivity contribution in [3.05, 3.63) is 76.0 Å². The van der Waals surface area contributed by atoms with Crippen LogP contribution in [0.25, 0.3) is 0 Å². The molecule has 0 bridgehead atoms. The molecule has 1 aromatic heterocycles. The number of urea groups is 1. The summed E-state index contributed by atoms with van der Waals surface area (Å²) in [7, 11) is 0. The van der Waals surface area contributed by atoms with Gasteiger partial charge in [-0.05, 0) is 73.2 Å². The minimum Gasteiger partial charge on any atom is -0.462 e. The van der Waals surface area contributed by atoms with Gasteiger partial charge in [0.1, 0.15) is 6.54 Å². The molecule has 0 unspecified atom stereocenters. The van der Waals surface area contributed by atoms with E-state index in [2.05, 4.69) is 5.32 Å². The largest absolute Gasteiger partial charge is 0.462 e. The van der Waals surface area contributed by atoms with Gasteiger partial charge in [0, 0.05) is 23.2 Å². The predicted octanol–water partition coefficient (Wildman–Crippen LogP) is 4.88. The van der Waals surface area contributed by atoms with Gasteiger partial charge in [-0.3, -0.25) is 4.79 Å². The fourth-order valence-corrected chi connectivity index (χ4v) is 4.90. The summed E-state index contributed by atoms with van der Waals surface area (Å²) in [4.78, 5) is 43.1. The third-order valence-corrected chi connectivity index (χ3v) is 7.15. The number of nitrogens with one attached hydrogen (secondary N) is 1. The number of carbonyl (C=O) groups is 3. The van der Waals surface area contributed by atoms with Gasteiger partial charge in [-0.2, -0.15) is 0 Å². The monoisotopic (exact) mass is 535 g/mol. The van der Waals surface area contributed by atoms with Gasteiger partial charge >= 0.3 is 12.0 Å². The van der Waals surface area contributed by atoms with E-state index in [9.17, 15) is 14.4 Å². The number of carbonyl (C=O) groups excluding carboxylic acids is 3. The van der Waals surface area contributed by atoms with Crippen LogP contribution in [0.2, 0.25) is 0 Å². The maximum absolute atomic E-state index is 13.6. The first-order valence-corrected chi connectivity index (χ1v) is 13.4. The normalized spacial score (nSPS) is 13.6. The fraction of sp³-hybridized carbons (Fsp3) is 0.321. The van der Waals surface area contributed by atoms with E-state index in [1.54, 1.807) is 52.3 Å². The molecule has 0 spiro atoms. The summed E-state index contributed by atoms with van der Waals surface area (Å²) in [5.74, 6) is 0.801. The molecule has 0 atom stereocenters. The van der Waals surface area contributed by atoms with Crippen LogP contribution in [0.4, 0.5) is 10.5 Å². The number of hydrogen-bond donors (Lipinski definition) is 1. The molecule has 10 heteroatoms. The topological polar surface area (TPSA) is 97.4 Å². The van der Waals surface area contributed by atoms with Crippen molar-refractivity contribution < 1.29 is 28.6 Å². The molecule has 38 heavy (non-hydrogen) atoms. The van der Waals surface area contributed by atoms with E-state index in [-0.39, 0.29) is 31.3 Å². The number of hydrogen-bond acceptors (Lipinski definition) is 7. The molecule has 2 aliphatic rings. The van der Waals surface area contributed by atoms with Crippen molar-refractivity contribution in [3.63, 3.8) is 0 Å². The highest BCUT2D eigenvalue weighted by molar-refractivity contribution is 7.09. The Morgan fingerprint density at radius 2 is 1.82 bits per heavy atom. The van der Waals surface area contributed by atoms with Crippen LogP contribution in [0.3, 0.4) is 0 Å². The molecule has 3 amide bonds. The van der Waals surface area contributed by atoms with Crippen molar-refractivity contribution in [1.29, 1.82) is 0 Å². The second-order valence-corrected chi connectivity index (χ2v) is 10.1. The lowest BCUT2D eigenvalue weighted by Crippen LogP contribution is -2.45. The molecule has 5 rings (SSSR count). The van der Waals surface area contributed by atoms with Gasteiger partial charge in [-0.1, -0.05) is 12.1 Å². The second kappa shape index (κ2) is 11.6. The second-order valence-electron chi connectivity index (χ2n) is 9.10. The van der Waals surface area contributed by atoms with Crippen LogP contribution >= 0.6 is 11.3 Å². The minimum absolute atomic E-state index is 0.0203. The zero-order valence-corrected chi connectivity index (χ0v) is 21.9. The van der Waals surface area contributed by atoms with Crippen molar-refractivity contribution in [2.75, 3.05) is 25.3 Å². The van der Waals surface area contributed by atoms with Crippen LogP contribution < -0.4 is 14.8 Å². The molecule has 1 aliphatic heterocycles. The minimum atomic E-state index is -0.413. The quantitative estimate of drug-likeness (QED) is 0.372. The molecule has 1 saturated carbocycles. The number of benzene rings is 2. The van der Waals surface area contributed by atoms with Gasteiger partial charge in [-0.15, -0.1) is 11.3 Å². The molecular formula is C28H29N3O6S. The molecular weight excluding hydrogens is 506 g/mol. The number of thiophene rings is 1. The van der Waals surface area contributed by atoms with Crippen LogP contribution in [-0.4, -0.2) is 53.7 Å². The lowest BCUT2D eigenvalue weighted by molar-refractivity contribution is -0.133. The van der Waals surface area contributed by atoms with Gasteiger partial charge in [0.2, 0.25) is 12.7 Å². The van der Waals surface area contributed by atoms with E-state index in [0.717, 1.165) is 23.3 Å². The van der Waals surface area contributed by atoms with Gasteiger partial charge in [0.15, 0.2) is 11.5 Å². The van der Waals surface area contributed by atoms with Crippen molar-refractivity contribution in [2.45, 2.75) is 38.9 Å².